The second-order valence-corrected chi connectivity index (χ2v) is 6.60. The van der Waals surface area contributed by atoms with Crippen molar-refractivity contribution in [2.24, 2.45) is 12.0 Å². The van der Waals surface area contributed by atoms with Crippen LogP contribution in [0.5, 0.6) is 0 Å². The zero-order valence-electron chi connectivity index (χ0n) is 16.5. The summed E-state index contributed by atoms with van der Waals surface area (Å²) in [5.41, 5.74) is 0.861. The predicted octanol–water partition coefficient (Wildman–Crippen LogP) is 2.78. The SMILES string of the molecule is CCNC(=NCCc1nc(-c2ccc(Cl)cc2)no1)N(C)Cc1ncnn1C.I. The number of hydrogen-bond acceptors (Lipinski definition) is 6. The van der Waals surface area contributed by atoms with E-state index in [-0.39, 0.29) is 24.0 Å². The predicted molar refractivity (Wildman–Crippen MR) is 122 cm³/mol. The molecule has 0 aliphatic rings. The van der Waals surface area contributed by atoms with Crippen molar-refractivity contribution in [2.75, 3.05) is 20.1 Å². The van der Waals surface area contributed by atoms with E-state index in [1.165, 1.54) is 0 Å². The van der Waals surface area contributed by atoms with E-state index in [2.05, 4.69) is 30.5 Å². The van der Waals surface area contributed by atoms with Gasteiger partial charge in [-0.2, -0.15) is 10.1 Å². The Labute approximate surface area is 191 Å². The van der Waals surface area contributed by atoms with Gasteiger partial charge in [-0.25, -0.2) is 4.98 Å². The molecule has 2 heterocycles. The number of guanidine groups is 1. The Morgan fingerprint density at radius 3 is 2.72 bits per heavy atom. The lowest BCUT2D eigenvalue weighted by Crippen LogP contribution is -2.39. The molecule has 11 heteroatoms. The molecule has 0 saturated carbocycles. The molecule has 3 aromatic rings. The average Bonchev–Trinajstić information content (AvgIpc) is 3.31. The molecule has 0 spiro atoms. The Kier molecular flexibility index (Phi) is 8.83. The quantitative estimate of drug-likeness (QED) is 0.285. The minimum Gasteiger partial charge on any atom is -0.357 e. The maximum atomic E-state index is 5.91. The van der Waals surface area contributed by atoms with Crippen LogP contribution in [0.15, 0.2) is 40.1 Å². The van der Waals surface area contributed by atoms with Gasteiger partial charge in [0.25, 0.3) is 0 Å². The molecule has 0 unspecified atom stereocenters. The van der Waals surface area contributed by atoms with Gasteiger partial charge in [-0.1, -0.05) is 16.8 Å². The highest BCUT2D eigenvalue weighted by atomic mass is 127. The van der Waals surface area contributed by atoms with Gasteiger partial charge in [0.2, 0.25) is 11.7 Å². The monoisotopic (exact) mass is 530 g/mol. The van der Waals surface area contributed by atoms with Crippen LogP contribution in [0.2, 0.25) is 5.02 Å². The van der Waals surface area contributed by atoms with Crippen molar-refractivity contribution >= 4 is 41.5 Å². The van der Waals surface area contributed by atoms with Crippen LogP contribution in [0.4, 0.5) is 0 Å². The maximum absolute atomic E-state index is 5.91. The van der Waals surface area contributed by atoms with E-state index in [1.54, 1.807) is 23.1 Å². The zero-order chi connectivity index (χ0) is 19.9. The van der Waals surface area contributed by atoms with Crippen molar-refractivity contribution in [2.45, 2.75) is 19.9 Å². The van der Waals surface area contributed by atoms with Crippen LogP contribution >= 0.6 is 35.6 Å². The van der Waals surface area contributed by atoms with Crippen molar-refractivity contribution in [3.05, 3.63) is 47.3 Å². The van der Waals surface area contributed by atoms with Gasteiger partial charge in [-0.05, 0) is 31.2 Å². The largest absolute Gasteiger partial charge is 0.357 e. The molecule has 1 N–H and O–H groups in total. The Hall–Kier alpha value is -2.21. The summed E-state index contributed by atoms with van der Waals surface area (Å²) in [5, 5.41) is 12.1. The first kappa shape index (κ1) is 23.1. The lowest BCUT2D eigenvalue weighted by Gasteiger charge is -2.21. The van der Waals surface area contributed by atoms with Gasteiger partial charge in [-0.15, -0.1) is 24.0 Å². The number of nitrogens with zero attached hydrogens (tertiary/aromatic N) is 7. The zero-order valence-corrected chi connectivity index (χ0v) is 19.6. The first-order valence-corrected chi connectivity index (χ1v) is 9.35. The van der Waals surface area contributed by atoms with Crippen LogP contribution < -0.4 is 5.32 Å². The van der Waals surface area contributed by atoms with Crippen molar-refractivity contribution < 1.29 is 4.52 Å². The minimum atomic E-state index is 0. The van der Waals surface area contributed by atoms with Crippen LogP contribution in [0.3, 0.4) is 0 Å². The number of nitrogens with one attached hydrogen (secondary N) is 1. The summed E-state index contributed by atoms with van der Waals surface area (Å²) < 4.78 is 7.08. The van der Waals surface area contributed by atoms with Gasteiger partial charge in [0.1, 0.15) is 12.2 Å². The van der Waals surface area contributed by atoms with E-state index in [9.17, 15) is 0 Å². The summed E-state index contributed by atoms with van der Waals surface area (Å²) in [6.07, 6.45) is 2.09. The highest BCUT2D eigenvalue weighted by Gasteiger charge is 2.11. The number of aliphatic imine (C=N–C) groups is 1. The summed E-state index contributed by atoms with van der Waals surface area (Å²) in [6.45, 7) is 3.92. The summed E-state index contributed by atoms with van der Waals surface area (Å²) in [6, 6.07) is 7.32. The van der Waals surface area contributed by atoms with Crippen LogP contribution in [0, 0.1) is 0 Å². The molecule has 0 aliphatic heterocycles. The van der Waals surface area contributed by atoms with Gasteiger partial charge < -0.3 is 14.7 Å². The molecule has 29 heavy (non-hydrogen) atoms. The average molecular weight is 531 g/mol. The lowest BCUT2D eigenvalue weighted by atomic mass is 10.2. The Bertz CT molecular complexity index is 924. The Morgan fingerprint density at radius 2 is 2.07 bits per heavy atom. The molecule has 0 radical (unpaired) electrons. The highest BCUT2D eigenvalue weighted by Crippen LogP contribution is 2.18. The van der Waals surface area contributed by atoms with E-state index in [1.807, 2.05) is 38.1 Å². The van der Waals surface area contributed by atoms with E-state index in [4.69, 9.17) is 16.1 Å². The van der Waals surface area contributed by atoms with Gasteiger partial charge in [-0.3, -0.25) is 9.67 Å². The summed E-state index contributed by atoms with van der Waals surface area (Å²) >= 11 is 5.91. The second kappa shape index (κ2) is 11.1. The number of halogens is 2. The Morgan fingerprint density at radius 1 is 1.31 bits per heavy atom. The maximum Gasteiger partial charge on any atom is 0.228 e. The fraction of sp³-hybridized carbons (Fsp3) is 0.389. The van der Waals surface area contributed by atoms with Crippen LogP contribution in [-0.4, -0.2) is 55.9 Å². The van der Waals surface area contributed by atoms with Gasteiger partial charge >= 0.3 is 0 Å². The van der Waals surface area contributed by atoms with E-state index in [0.29, 0.717) is 36.2 Å². The molecule has 3 rings (SSSR count). The van der Waals surface area contributed by atoms with Gasteiger partial charge in [0, 0.05) is 37.6 Å². The first-order chi connectivity index (χ1) is 13.6. The number of aryl methyl sites for hydroxylation is 1. The molecule has 0 bridgehead atoms. The Balaban J connectivity index is 0.00000300. The lowest BCUT2D eigenvalue weighted by molar-refractivity contribution is 0.379. The van der Waals surface area contributed by atoms with Gasteiger partial charge in [0.15, 0.2) is 5.96 Å². The topological polar surface area (TPSA) is 97.3 Å². The molecule has 9 nitrogen and oxygen atoms in total. The number of benzene rings is 1. The first-order valence-electron chi connectivity index (χ1n) is 8.97. The third-order valence-electron chi connectivity index (χ3n) is 4.04. The van der Waals surface area contributed by atoms with Crippen molar-refractivity contribution in [3.8, 4) is 11.4 Å². The fourth-order valence-corrected chi connectivity index (χ4v) is 2.68. The van der Waals surface area contributed by atoms with E-state index in [0.717, 1.165) is 23.9 Å². The molecule has 0 amide bonds. The number of rotatable bonds is 7. The van der Waals surface area contributed by atoms with Crippen LogP contribution in [-0.2, 0) is 20.0 Å². The van der Waals surface area contributed by atoms with Crippen molar-refractivity contribution in [3.63, 3.8) is 0 Å². The number of hydrogen-bond donors (Lipinski definition) is 1. The van der Waals surface area contributed by atoms with E-state index < -0.39 is 0 Å². The summed E-state index contributed by atoms with van der Waals surface area (Å²) in [7, 11) is 3.83. The van der Waals surface area contributed by atoms with Crippen molar-refractivity contribution in [1.82, 2.24) is 35.1 Å². The number of aromatic nitrogens is 5. The molecule has 0 fully saturated rings. The highest BCUT2D eigenvalue weighted by molar-refractivity contribution is 14.0. The van der Waals surface area contributed by atoms with Crippen LogP contribution in [0.1, 0.15) is 18.6 Å². The molecule has 2 aromatic heterocycles. The summed E-state index contributed by atoms with van der Waals surface area (Å²) in [5.74, 6) is 2.73. The van der Waals surface area contributed by atoms with Crippen molar-refractivity contribution in [1.29, 1.82) is 0 Å². The minimum absolute atomic E-state index is 0. The molecule has 0 saturated heterocycles. The smallest absolute Gasteiger partial charge is 0.228 e. The normalized spacial score (nSPS) is 11.2. The van der Waals surface area contributed by atoms with E-state index >= 15 is 0 Å². The van der Waals surface area contributed by atoms with Crippen LogP contribution in [0.25, 0.3) is 11.4 Å². The van der Waals surface area contributed by atoms with Gasteiger partial charge in [0.05, 0.1) is 13.1 Å². The standard InChI is InChI=1S/C18H23ClN8O.HI/c1-4-20-18(26(2)11-15-22-12-23-27(15)3)21-10-9-16-24-17(25-28-16)13-5-7-14(19)8-6-13;/h5-8,12H,4,9-11H2,1-3H3,(H,20,21);1H. The molecular weight excluding hydrogens is 507 g/mol. The molecule has 0 atom stereocenters. The molecular formula is C18H24ClIN8O. The molecule has 1 aromatic carbocycles. The fourth-order valence-electron chi connectivity index (χ4n) is 2.55. The third kappa shape index (κ3) is 6.39. The third-order valence-corrected chi connectivity index (χ3v) is 4.29. The second-order valence-electron chi connectivity index (χ2n) is 6.16. The molecule has 156 valence electrons. The summed E-state index contributed by atoms with van der Waals surface area (Å²) in [4.78, 5) is 15.3. The molecule has 0 aliphatic carbocycles.